The van der Waals surface area contributed by atoms with Crippen LogP contribution in [0.2, 0.25) is 0 Å². The molecule has 46 heavy (non-hydrogen) atoms. The van der Waals surface area contributed by atoms with Crippen molar-refractivity contribution in [2.45, 2.75) is 45.4 Å². The molecule has 0 radical (unpaired) electrons. The minimum Gasteiger partial charge on any atom is -0.453 e. The van der Waals surface area contributed by atoms with Crippen LogP contribution in [0.1, 0.15) is 38.0 Å². The van der Waals surface area contributed by atoms with Gasteiger partial charge in [-0.05, 0) is 37.1 Å². The van der Waals surface area contributed by atoms with Gasteiger partial charge in [-0.2, -0.15) is 0 Å². The molecule has 0 aliphatic carbocycles. The Morgan fingerprint density at radius 2 is 1.87 bits per heavy atom. The molecule has 3 N–H and O–H groups in total. The van der Waals surface area contributed by atoms with Crippen molar-refractivity contribution in [2.24, 2.45) is 5.92 Å². The molecule has 5 heterocycles. The molecule has 7 rings (SSSR count). The molecule has 1 aliphatic heterocycles. The first kappa shape index (κ1) is 29.4. The number of amides is 2. The van der Waals surface area contributed by atoms with Crippen LogP contribution in [0.5, 0.6) is 0 Å². The average molecular weight is 627 g/mol. The molecule has 0 spiro atoms. The molecule has 3 atom stereocenters. The summed E-state index contributed by atoms with van der Waals surface area (Å²) >= 11 is 0. The van der Waals surface area contributed by atoms with Crippen molar-refractivity contribution in [1.82, 2.24) is 39.5 Å². The summed E-state index contributed by atoms with van der Waals surface area (Å²) in [5, 5.41) is 3.70. The summed E-state index contributed by atoms with van der Waals surface area (Å²) < 4.78 is 37.4. The number of carbonyl (C=O) groups excluding carboxylic acids is 2. The largest absolute Gasteiger partial charge is 0.453 e. The van der Waals surface area contributed by atoms with Crippen LogP contribution >= 0.6 is 0 Å². The molecule has 2 aromatic carbocycles. The van der Waals surface area contributed by atoms with Crippen molar-refractivity contribution in [3.63, 3.8) is 0 Å². The minimum absolute atomic E-state index is 0.0708. The lowest BCUT2D eigenvalue weighted by atomic mass is 10.0. The molecule has 1 saturated heterocycles. The molecule has 3 unspecified atom stereocenters. The molecule has 1 aliphatic rings. The van der Waals surface area contributed by atoms with Gasteiger partial charge < -0.3 is 24.9 Å². The summed E-state index contributed by atoms with van der Waals surface area (Å²) in [6.45, 7) is 5.33. The highest BCUT2D eigenvalue weighted by Gasteiger charge is 2.41. The summed E-state index contributed by atoms with van der Waals surface area (Å²) in [7, 11) is 1.22. The van der Waals surface area contributed by atoms with Crippen molar-refractivity contribution in [1.29, 1.82) is 0 Å². The van der Waals surface area contributed by atoms with Crippen LogP contribution in [0.4, 0.5) is 13.6 Å². The normalized spacial score (nSPS) is 17.4. The van der Waals surface area contributed by atoms with Gasteiger partial charge in [0.05, 0.1) is 66.4 Å². The quantitative estimate of drug-likeness (QED) is 0.212. The lowest BCUT2D eigenvalue weighted by molar-refractivity contribution is -0.135. The van der Waals surface area contributed by atoms with Gasteiger partial charge in [0.2, 0.25) is 5.91 Å². The smallest absolute Gasteiger partial charge is 0.407 e. The molecule has 6 aromatic rings. The number of aromatic nitrogens is 6. The third-order valence-corrected chi connectivity index (χ3v) is 8.72. The maximum Gasteiger partial charge on any atom is 0.407 e. The van der Waals surface area contributed by atoms with Crippen LogP contribution < -0.4 is 5.32 Å². The first-order valence-corrected chi connectivity index (χ1v) is 15.0. The first-order valence-electron chi connectivity index (χ1n) is 15.0. The van der Waals surface area contributed by atoms with Crippen molar-refractivity contribution in [2.75, 3.05) is 13.7 Å². The van der Waals surface area contributed by atoms with Gasteiger partial charge in [0.25, 0.3) is 0 Å². The summed E-state index contributed by atoms with van der Waals surface area (Å²) in [5.74, 6) is 0.0653. The fraction of sp³-hybridized carbons (Fsp3) is 0.303. The van der Waals surface area contributed by atoms with Gasteiger partial charge in [-0.1, -0.05) is 26.0 Å². The maximum absolute atomic E-state index is 16.1. The third-order valence-electron chi connectivity index (χ3n) is 8.72. The topological polar surface area (TPSA) is 133 Å². The number of aromatic amines is 2. The highest BCUT2D eigenvalue weighted by atomic mass is 19.1. The molecule has 2 amide bonds. The number of H-pyrrole nitrogens is 2. The van der Waals surface area contributed by atoms with E-state index >= 15 is 4.39 Å². The van der Waals surface area contributed by atoms with Gasteiger partial charge in [0.1, 0.15) is 23.9 Å². The second-order valence-corrected chi connectivity index (χ2v) is 12.0. The number of hydrogen-bond acceptors (Lipinski definition) is 6. The van der Waals surface area contributed by atoms with Gasteiger partial charge in [-0.15, -0.1) is 0 Å². The number of ether oxygens (including phenoxy) is 1. The van der Waals surface area contributed by atoms with E-state index in [1.807, 2.05) is 47.7 Å². The van der Waals surface area contributed by atoms with E-state index in [1.165, 1.54) is 12.0 Å². The van der Waals surface area contributed by atoms with E-state index in [2.05, 4.69) is 30.0 Å². The summed E-state index contributed by atoms with van der Waals surface area (Å²) in [6.07, 6.45) is 3.01. The number of alkyl carbamates (subject to hydrolysis) is 1. The molecule has 4 aromatic heterocycles. The molecule has 1 fully saturated rings. The molecular weight excluding hydrogens is 594 g/mol. The monoisotopic (exact) mass is 626 g/mol. The highest BCUT2D eigenvalue weighted by Crippen LogP contribution is 2.37. The van der Waals surface area contributed by atoms with Gasteiger partial charge >= 0.3 is 6.09 Å². The summed E-state index contributed by atoms with van der Waals surface area (Å²) in [5.41, 5.74) is 4.77. The highest BCUT2D eigenvalue weighted by molar-refractivity contribution is 6.03. The first-order chi connectivity index (χ1) is 22.1. The Labute approximate surface area is 262 Å². The Balaban J connectivity index is 1.23. The van der Waals surface area contributed by atoms with E-state index in [0.717, 1.165) is 16.8 Å². The number of imidazole rings is 2. The number of hydrogen-bond donors (Lipinski definition) is 3. The average Bonchev–Trinajstić information content (AvgIpc) is 3.86. The van der Waals surface area contributed by atoms with Crippen LogP contribution in [-0.2, 0) is 9.53 Å². The van der Waals surface area contributed by atoms with E-state index in [9.17, 15) is 14.0 Å². The van der Waals surface area contributed by atoms with E-state index in [0.29, 0.717) is 44.7 Å². The van der Waals surface area contributed by atoms with Crippen LogP contribution in [-0.4, -0.2) is 72.1 Å². The van der Waals surface area contributed by atoms with Crippen LogP contribution in [0.25, 0.3) is 49.8 Å². The lowest BCUT2D eigenvalue weighted by Crippen LogP contribution is -2.51. The van der Waals surface area contributed by atoms with E-state index in [4.69, 9.17) is 4.98 Å². The summed E-state index contributed by atoms with van der Waals surface area (Å²) in [6, 6.07) is 9.63. The standard InChI is InChI=1S/C33H32F2N8O3/c1-16(2)29(41-33(45)46-4)32(44)42-14-20(34)11-27(42)31-37-13-25(40-31)19-5-7-21-23(10-19)39-17(3)43-26-8-6-18(24-12-36-15-38-24)9-22(26)28(35)30(21)43/h5-10,12-13,15-16,20,27,29H,11,14H2,1-4H3,(H,36,38)(H,37,40)(H,41,45). The number of benzene rings is 2. The predicted octanol–water partition coefficient (Wildman–Crippen LogP) is 5.86. The molecule has 13 heteroatoms. The number of nitrogens with zero attached hydrogens (tertiary/aromatic N) is 5. The zero-order chi connectivity index (χ0) is 32.3. The van der Waals surface area contributed by atoms with Crippen molar-refractivity contribution in [3.8, 4) is 22.5 Å². The number of methoxy groups -OCH3 is 1. The molecule has 236 valence electrons. The van der Waals surface area contributed by atoms with Crippen LogP contribution in [0.15, 0.2) is 55.1 Å². The minimum atomic E-state index is -1.24. The van der Waals surface area contributed by atoms with Crippen molar-refractivity contribution >= 4 is 39.3 Å². The number of fused-ring (bicyclic) bond motifs is 5. The van der Waals surface area contributed by atoms with Crippen LogP contribution in [0.3, 0.4) is 0 Å². The van der Waals surface area contributed by atoms with Crippen molar-refractivity contribution < 1.29 is 23.1 Å². The zero-order valence-electron chi connectivity index (χ0n) is 25.6. The van der Waals surface area contributed by atoms with Crippen molar-refractivity contribution in [3.05, 3.63) is 72.6 Å². The second-order valence-electron chi connectivity index (χ2n) is 12.0. The summed E-state index contributed by atoms with van der Waals surface area (Å²) in [4.78, 5) is 46.6. The van der Waals surface area contributed by atoms with Crippen LogP contribution in [0, 0.1) is 18.7 Å². The third kappa shape index (κ3) is 4.82. The Morgan fingerprint density at radius 1 is 1.09 bits per heavy atom. The fourth-order valence-electron chi connectivity index (χ4n) is 6.44. The SMILES string of the molecule is COC(=O)NC(C(=O)N1CC(F)CC1c1ncc(-c2ccc3c(c2)nc(C)n2c4ccc(-c5cnc[nH]5)cc4c(F)c32)[nH]1)C(C)C. The van der Waals surface area contributed by atoms with E-state index in [-0.39, 0.29) is 24.7 Å². The van der Waals surface area contributed by atoms with E-state index in [1.54, 1.807) is 32.6 Å². The fourth-order valence-corrected chi connectivity index (χ4v) is 6.44. The number of nitrogens with one attached hydrogen (secondary N) is 3. The Kier molecular flexibility index (Phi) is 7.18. The maximum atomic E-state index is 16.1. The molecular formula is C33H32F2N8O3. The number of carbonyl (C=O) groups is 2. The van der Waals surface area contributed by atoms with Gasteiger partial charge in [0, 0.05) is 28.3 Å². The number of likely N-dealkylation sites (tertiary alicyclic amines) is 1. The second kappa shape index (κ2) is 11.2. The Bertz CT molecular complexity index is 2120. The number of alkyl halides is 1. The lowest BCUT2D eigenvalue weighted by Gasteiger charge is -2.29. The Morgan fingerprint density at radius 3 is 2.61 bits per heavy atom. The van der Waals surface area contributed by atoms with E-state index < -0.39 is 30.3 Å². The Hall–Kier alpha value is -5.33. The number of aryl methyl sites for hydroxylation is 1. The number of rotatable bonds is 6. The number of halogens is 2. The van der Waals surface area contributed by atoms with Gasteiger partial charge in [0.15, 0.2) is 5.82 Å². The predicted molar refractivity (Wildman–Crippen MR) is 168 cm³/mol. The van der Waals surface area contributed by atoms with Gasteiger partial charge in [-0.25, -0.2) is 28.5 Å². The molecule has 11 nitrogen and oxygen atoms in total. The van der Waals surface area contributed by atoms with Gasteiger partial charge in [-0.3, -0.25) is 9.20 Å². The zero-order valence-corrected chi connectivity index (χ0v) is 25.6. The molecule has 0 bridgehead atoms. The molecule has 0 saturated carbocycles.